The summed E-state index contributed by atoms with van der Waals surface area (Å²) < 4.78 is 0. The Kier molecular flexibility index (Phi) is 4.99. The van der Waals surface area contributed by atoms with E-state index >= 15 is 0 Å². The molecule has 14 heavy (non-hydrogen) atoms. The van der Waals surface area contributed by atoms with Crippen molar-refractivity contribution in [2.75, 3.05) is 0 Å². The van der Waals surface area contributed by atoms with Crippen LogP contribution in [0.2, 0.25) is 0 Å². The number of hydrogen-bond acceptors (Lipinski definition) is 1. The molecule has 0 amide bonds. The first kappa shape index (κ1) is 11.5. The zero-order chi connectivity index (χ0) is 10.4. The fraction of sp³-hybridized carbons (Fsp3) is 0.917. The molecule has 82 valence electrons. The van der Waals surface area contributed by atoms with Crippen LogP contribution in [-0.2, 0) is 4.79 Å². The van der Waals surface area contributed by atoms with Crippen LogP contribution in [-0.4, -0.2) is 11.1 Å². The molecule has 1 N–H and O–H groups in total. The zero-order valence-electron chi connectivity index (χ0n) is 9.17. The molecule has 0 aromatic heterocycles. The van der Waals surface area contributed by atoms with E-state index in [2.05, 4.69) is 0 Å². The minimum absolute atomic E-state index is 0.833. The lowest BCUT2D eigenvalue weighted by Crippen LogP contribution is -2.22. The van der Waals surface area contributed by atoms with E-state index < -0.39 is 5.97 Å². The van der Waals surface area contributed by atoms with Crippen LogP contribution in [0.5, 0.6) is 0 Å². The van der Waals surface area contributed by atoms with E-state index in [-0.39, 0.29) is 0 Å². The number of rotatable bonds is 0. The minimum Gasteiger partial charge on any atom is -0.481 e. The quantitative estimate of drug-likeness (QED) is 0.647. The summed E-state index contributed by atoms with van der Waals surface area (Å²) in [5, 5.41) is 7.42. The van der Waals surface area contributed by atoms with Gasteiger partial charge in [0.1, 0.15) is 0 Å². The Balaban J connectivity index is 0.000000213. The number of hydrogen-bond donors (Lipinski definition) is 1. The molecule has 0 heterocycles. The van der Waals surface area contributed by atoms with E-state index in [0.29, 0.717) is 0 Å². The van der Waals surface area contributed by atoms with Gasteiger partial charge in [-0.25, -0.2) is 0 Å². The molecule has 2 nitrogen and oxygen atoms in total. The van der Waals surface area contributed by atoms with E-state index in [9.17, 15) is 0 Å². The van der Waals surface area contributed by atoms with Gasteiger partial charge in [0.25, 0.3) is 5.97 Å². The lowest BCUT2D eigenvalue weighted by atomic mass is 9.71. The number of aliphatic carboxylic acids is 1. The molecule has 0 aromatic carbocycles. The summed E-state index contributed by atoms with van der Waals surface area (Å²) in [6, 6.07) is 0. The van der Waals surface area contributed by atoms with Gasteiger partial charge in [-0.3, -0.25) is 4.79 Å². The first-order chi connectivity index (χ1) is 6.70. The van der Waals surface area contributed by atoms with Gasteiger partial charge in [0.2, 0.25) is 0 Å². The van der Waals surface area contributed by atoms with Crippen molar-refractivity contribution < 1.29 is 9.90 Å². The lowest BCUT2D eigenvalue weighted by molar-refractivity contribution is -0.134. The molecule has 2 saturated carbocycles. The van der Waals surface area contributed by atoms with E-state index in [1.807, 2.05) is 0 Å². The molecule has 2 heteroatoms. The molecule has 0 atom stereocenters. The van der Waals surface area contributed by atoms with Crippen molar-refractivity contribution in [1.82, 2.24) is 0 Å². The number of carbonyl (C=O) groups is 1. The number of carboxylic acids is 1. The van der Waals surface area contributed by atoms with E-state index in [1.54, 1.807) is 25.7 Å². The average Bonchev–Trinajstić information content (AvgIpc) is 2.17. The van der Waals surface area contributed by atoms with E-state index in [4.69, 9.17) is 9.90 Å². The fourth-order valence-electron chi connectivity index (χ4n) is 2.86. The van der Waals surface area contributed by atoms with Gasteiger partial charge in [0, 0.05) is 6.92 Å². The van der Waals surface area contributed by atoms with Crippen molar-refractivity contribution >= 4 is 5.97 Å². The minimum atomic E-state index is -0.833. The van der Waals surface area contributed by atoms with Gasteiger partial charge in [-0.05, 0) is 11.8 Å². The Morgan fingerprint density at radius 1 is 0.929 bits per heavy atom. The summed E-state index contributed by atoms with van der Waals surface area (Å²) in [5.41, 5.74) is 0. The topological polar surface area (TPSA) is 37.3 Å². The molecule has 0 radical (unpaired) electrons. The summed E-state index contributed by atoms with van der Waals surface area (Å²) >= 11 is 0. The summed E-state index contributed by atoms with van der Waals surface area (Å²) in [7, 11) is 0. The smallest absolute Gasteiger partial charge is 0.300 e. The van der Waals surface area contributed by atoms with Gasteiger partial charge < -0.3 is 5.11 Å². The third kappa shape index (κ3) is 4.12. The van der Waals surface area contributed by atoms with Crippen LogP contribution in [0, 0.1) is 11.8 Å². The Morgan fingerprint density at radius 3 is 1.36 bits per heavy atom. The molecule has 0 spiro atoms. The van der Waals surface area contributed by atoms with Crippen molar-refractivity contribution in [3.05, 3.63) is 0 Å². The summed E-state index contributed by atoms with van der Waals surface area (Å²) in [5.74, 6) is 1.48. The molecule has 2 fully saturated rings. The van der Waals surface area contributed by atoms with Crippen LogP contribution < -0.4 is 0 Å². The molecular weight excluding hydrogens is 176 g/mol. The Bertz CT molecular complexity index is 147. The lowest BCUT2D eigenvalue weighted by Gasteiger charge is -2.35. The van der Waals surface area contributed by atoms with E-state index in [0.717, 1.165) is 18.8 Å². The second-order valence-electron chi connectivity index (χ2n) is 4.61. The van der Waals surface area contributed by atoms with Gasteiger partial charge >= 0.3 is 0 Å². The van der Waals surface area contributed by atoms with Crippen LogP contribution in [0.25, 0.3) is 0 Å². The van der Waals surface area contributed by atoms with Gasteiger partial charge in [-0.2, -0.15) is 0 Å². The molecule has 0 aliphatic heterocycles. The third-order valence-electron chi connectivity index (χ3n) is 3.47. The van der Waals surface area contributed by atoms with Crippen LogP contribution >= 0.6 is 0 Å². The molecule has 0 bridgehead atoms. The number of carboxylic acid groups (broad SMARTS) is 1. The van der Waals surface area contributed by atoms with Crippen LogP contribution in [0.3, 0.4) is 0 Å². The first-order valence-electron chi connectivity index (χ1n) is 5.89. The second kappa shape index (κ2) is 6.05. The maximum atomic E-state index is 9.00. The highest BCUT2D eigenvalue weighted by Crippen LogP contribution is 2.39. The highest BCUT2D eigenvalue weighted by Gasteiger charge is 2.26. The summed E-state index contributed by atoms with van der Waals surface area (Å²) in [4.78, 5) is 9.00. The first-order valence-corrected chi connectivity index (χ1v) is 5.89. The van der Waals surface area contributed by atoms with Crippen LogP contribution in [0.4, 0.5) is 0 Å². The molecule has 2 aliphatic rings. The highest BCUT2D eigenvalue weighted by molar-refractivity contribution is 5.62. The van der Waals surface area contributed by atoms with Crippen molar-refractivity contribution in [2.24, 2.45) is 11.8 Å². The van der Waals surface area contributed by atoms with Gasteiger partial charge in [-0.15, -0.1) is 0 Å². The molecule has 2 rings (SSSR count). The molecule has 2 aliphatic carbocycles. The number of fused-ring (bicyclic) bond motifs is 1. The summed E-state index contributed by atoms with van der Waals surface area (Å²) in [6.45, 7) is 1.08. The monoisotopic (exact) mass is 198 g/mol. The highest BCUT2D eigenvalue weighted by atomic mass is 16.4. The molecule has 0 aromatic rings. The largest absolute Gasteiger partial charge is 0.481 e. The predicted octanol–water partition coefficient (Wildman–Crippen LogP) is 3.46. The second-order valence-corrected chi connectivity index (χ2v) is 4.61. The van der Waals surface area contributed by atoms with Crippen molar-refractivity contribution in [1.29, 1.82) is 0 Å². The standard InChI is InChI=1S/C10H18.C2H4O2/c1-2-6-10-8-4-3-7-9(10)5-1;1-2(3)4/h9-10H,1-8H2;1H3,(H,3,4). The maximum Gasteiger partial charge on any atom is 0.300 e. The van der Waals surface area contributed by atoms with Crippen molar-refractivity contribution in [3.8, 4) is 0 Å². The third-order valence-corrected chi connectivity index (χ3v) is 3.47. The summed E-state index contributed by atoms with van der Waals surface area (Å²) in [6.07, 6.45) is 12.4. The van der Waals surface area contributed by atoms with Gasteiger partial charge in [0.15, 0.2) is 0 Å². The fourth-order valence-corrected chi connectivity index (χ4v) is 2.86. The zero-order valence-corrected chi connectivity index (χ0v) is 9.17. The van der Waals surface area contributed by atoms with Crippen molar-refractivity contribution in [2.45, 2.75) is 58.3 Å². The Hall–Kier alpha value is -0.530. The molecular formula is C12H22O2. The molecule has 0 saturated heterocycles. The van der Waals surface area contributed by atoms with Crippen LogP contribution in [0.15, 0.2) is 0 Å². The van der Waals surface area contributed by atoms with Crippen molar-refractivity contribution in [3.63, 3.8) is 0 Å². The Labute approximate surface area is 86.7 Å². The molecule has 0 unspecified atom stereocenters. The van der Waals surface area contributed by atoms with E-state index in [1.165, 1.54) is 25.7 Å². The normalized spacial score (nSPS) is 30.9. The average molecular weight is 198 g/mol. The Morgan fingerprint density at radius 2 is 1.14 bits per heavy atom. The maximum absolute atomic E-state index is 9.00. The van der Waals surface area contributed by atoms with Gasteiger partial charge in [-0.1, -0.05) is 51.4 Å². The predicted molar refractivity (Wildman–Crippen MR) is 57.2 cm³/mol. The SMILES string of the molecule is C1CCC2CCCCC2C1.CC(=O)O. The van der Waals surface area contributed by atoms with Gasteiger partial charge in [0.05, 0.1) is 0 Å². The van der Waals surface area contributed by atoms with Crippen LogP contribution in [0.1, 0.15) is 58.3 Å².